The fourth-order valence-electron chi connectivity index (χ4n) is 4.11. The number of aromatic amines is 1. The van der Waals surface area contributed by atoms with Crippen molar-refractivity contribution in [3.05, 3.63) is 108 Å². The number of nitrogens with one attached hydrogen (secondary N) is 1. The maximum atomic E-state index is 14.0. The summed E-state index contributed by atoms with van der Waals surface area (Å²) < 4.78 is 15.6. The highest BCUT2D eigenvalue weighted by Gasteiger charge is 2.29. The normalized spacial score (nSPS) is 13.2. The Labute approximate surface area is 213 Å². The van der Waals surface area contributed by atoms with E-state index >= 15 is 0 Å². The van der Waals surface area contributed by atoms with Crippen LogP contribution in [0.15, 0.2) is 90.2 Å². The summed E-state index contributed by atoms with van der Waals surface area (Å²) in [5.41, 5.74) is 3.14. The summed E-state index contributed by atoms with van der Waals surface area (Å²) in [6.07, 6.45) is 1.77. The Morgan fingerprint density at radius 3 is 2.39 bits per heavy atom. The fourth-order valence-corrected chi connectivity index (χ4v) is 5.25. The van der Waals surface area contributed by atoms with E-state index in [1.807, 2.05) is 85.1 Å². The van der Waals surface area contributed by atoms with Crippen LogP contribution in [0.5, 0.6) is 0 Å². The van der Waals surface area contributed by atoms with Gasteiger partial charge in [-0.2, -0.15) is 0 Å². The quantitative estimate of drug-likeness (QED) is 0.203. The Balaban J connectivity index is 1.62. The van der Waals surface area contributed by atoms with E-state index in [1.54, 1.807) is 18.3 Å². The zero-order valence-corrected chi connectivity index (χ0v) is 21.0. The van der Waals surface area contributed by atoms with Gasteiger partial charge in [-0.1, -0.05) is 60.3 Å². The molecule has 0 saturated heterocycles. The van der Waals surface area contributed by atoms with Gasteiger partial charge in [-0.3, -0.25) is 14.3 Å². The molecule has 182 valence electrons. The first-order valence-corrected chi connectivity index (χ1v) is 12.5. The lowest BCUT2D eigenvalue weighted by molar-refractivity contribution is 0.0991. The number of hydrogen-bond acceptors (Lipinski definition) is 5. The SMILES string of the molecule is C[C@@H](c1nnc(S[C@@H](C(=O)c2c[nH]c3ccccc23)c2ccccc2)n1-c1ccc(F)cc1)N(C)C. The molecule has 0 fully saturated rings. The van der Waals surface area contributed by atoms with Gasteiger partial charge in [0.15, 0.2) is 16.8 Å². The second-order valence-corrected chi connectivity index (χ2v) is 9.89. The van der Waals surface area contributed by atoms with Crippen LogP contribution in [0, 0.1) is 5.82 Å². The molecule has 2 atom stereocenters. The minimum atomic E-state index is -0.559. The van der Waals surface area contributed by atoms with Crippen molar-refractivity contribution in [2.24, 2.45) is 0 Å². The lowest BCUT2D eigenvalue weighted by Crippen LogP contribution is -2.21. The van der Waals surface area contributed by atoms with E-state index in [0.29, 0.717) is 16.5 Å². The Morgan fingerprint density at radius 2 is 1.67 bits per heavy atom. The van der Waals surface area contributed by atoms with Crippen molar-refractivity contribution in [2.45, 2.75) is 23.4 Å². The van der Waals surface area contributed by atoms with Gasteiger partial charge in [0.1, 0.15) is 11.1 Å². The molecule has 0 aliphatic rings. The molecule has 0 spiro atoms. The van der Waals surface area contributed by atoms with Gasteiger partial charge >= 0.3 is 0 Å². The van der Waals surface area contributed by atoms with Gasteiger partial charge in [-0.25, -0.2) is 4.39 Å². The molecule has 5 aromatic rings. The summed E-state index contributed by atoms with van der Waals surface area (Å²) in [6.45, 7) is 2.03. The van der Waals surface area contributed by atoms with Crippen molar-refractivity contribution in [1.29, 1.82) is 0 Å². The van der Waals surface area contributed by atoms with E-state index < -0.39 is 5.25 Å². The summed E-state index contributed by atoms with van der Waals surface area (Å²) in [5.74, 6) is 0.361. The van der Waals surface area contributed by atoms with E-state index in [4.69, 9.17) is 0 Å². The molecule has 0 saturated carbocycles. The number of benzene rings is 3. The van der Waals surface area contributed by atoms with Crippen molar-refractivity contribution in [3.8, 4) is 5.69 Å². The molecule has 6 nitrogen and oxygen atoms in total. The molecule has 2 heterocycles. The number of fused-ring (bicyclic) bond motifs is 1. The highest BCUT2D eigenvalue weighted by Crippen LogP contribution is 2.40. The van der Waals surface area contributed by atoms with Crippen LogP contribution in [0.4, 0.5) is 4.39 Å². The van der Waals surface area contributed by atoms with Crippen LogP contribution < -0.4 is 0 Å². The summed E-state index contributed by atoms with van der Waals surface area (Å²) in [6, 6.07) is 23.6. The van der Waals surface area contributed by atoms with Crippen LogP contribution in [0.2, 0.25) is 0 Å². The molecule has 0 aliphatic carbocycles. The third kappa shape index (κ3) is 4.57. The number of nitrogens with zero attached hydrogens (tertiary/aromatic N) is 4. The molecule has 0 aliphatic heterocycles. The number of aromatic nitrogens is 4. The molecule has 0 unspecified atom stereocenters. The molecule has 1 N–H and O–H groups in total. The minimum Gasteiger partial charge on any atom is -0.360 e. The number of hydrogen-bond donors (Lipinski definition) is 1. The van der Waals surface area contributed by atoms with Crippen molar-refractivity contribution < 1.29 is 9.18 Å². The van der Waals surface area contributed by atoms with Gasteiger partial charge in [-0.15, -0.1) is 10.2 Å². The number of ketones is 1. The molecular formula is C28H26FN5OS. The van der Waals surface area contributed by atoms with E-state index in [2.05, 4.69) is 15.2 Å². The predicted molar refractivity (Wildman–Crippen MR) is 141 cm³/mol. The van der Waals surface area contributed by atoms with Gasteiger partial charge < -0.3 is 4.98 Å². The molecule has 3 aromatic carbocycles. The molecule has 5 rings (SSSR count). The number of Topliss-reactive ketones (excluding diaryl/α,β-unsaturated/α-hetero) is 1. The van der Waals surface area contributed by atoms with Crippen LogP contribution in [-0.4, -0.2) is 44.5 Å². The van der Waals surface area contributed by atoms with Gasteiger partial charge in [0.05, 0.1) is 6.04 Å². The molecule has 36 heavy (non-hydrogen) atoms. The number of carbonyl (C=O) groups is 1. The van der Waals surface area contributed by atoms with E-state index in [1.165, 1.54) is 23.9 Å². The van der Waals surface area contributed by atoms with Gasteiger partial charge in [0.25, 0.3) is 0 Å². The number of halogens is 1. The number of H-pyrrole nitrogens is 1. The predicted octanol–water partition coefficient (Wildman–Crippen LogP) is 6.23. The number of rotatable bonds is 8. The third-order valence-electron chi connectivity index (χ3n) is 6.31. The Bertz CT molecular complexity index is 1490. The summed E-state index contributed by atoms with van der Waals surface area (Å²) >= 11 is 1.35. The lowest BCUT2D eigenvalue weighted by Gasteiger charge is -2.21. The smallest absolute Gasteiger partial charge is 0.196 e. The van der Waals surface area contributed by atoms with Gasteiger partial charge in [0.2, 0.25) is 0 Å². The lowest BCUT2D eigenvalue weighted by atomic mass is 10.0. The number of para-hydroxylation sites is 1. The van der Waals surface area contributed by atoms with Gasteiger partial charge in [-0.05, 0) is 56.9 Å². The number of thioether (sulfide) groups is 1. The Kier molecular flexibility index (Phi) is 6.71. The van der Waals surface area contributed by atoms with Crippen LogP contribution >= 0.6 is 11.8 Å². The van der Waals surface area contributed by atoms with Crippen molar-refractivity contribution in [1.82, 2.24) is 24.6 Å². The summed E-state index contributed by atoms with van der Waals surface area (Å²) in [7, 11) is 3.93. The molecule has 0 radical (unpaired) electrons. The maximum Gasteiger partial charge on any atom is 0.196 e. The maximum absolute atomic E-state index is 14.0. The largest absolute Gasteiger partial charge is 0.360 e. The third-order valence-corrected chi connectivity index (χ3v) is 7.51. The fraction of sp³-hybridized carbons (Fsp3) is 0.179. The van der Waals surface area contributed by atoms with Crippen LogP contribution in [-0.2, 0) is 0 Å². The molecule has 0 amide bonds. The van der Waals surface area contributed by atoms with E-state index in [-0.39, 0.29) is 17.6 Å². The summed E-state index contributed by atoms with van der Waals surface area (Å²) in [5, 5.41) is 9.88. The van der Waals surface area contributed by atoms with Crippen LogP contribution in [0.3, 0.4) is 0 Å². The second kappa shape index (κ2) is 10.1. The molecule has 2 aromatic heterocycles. The number of carbonyl (C=O) groups excluding carboxylic acids is 1. The van der Waals surface area contributed by atoms with Crippen molar-refractivity contribution in [2.75, 3.05) is 14.1 Å². The van der Waals surface area contributed by atoms with E-state index in [0.717, 1.165) is 22.2 Å². The van der Waals surface area contributed by atoms with E-state index in [9.17, 15) is 9.18 Å². The molecule has 0 bridgehead atoms. The molecule has 8 heteroatoms. The van der Waals surface area contributed by atoms with Crippen molar-refractivity contribution >= 4 is 28.4 Å². The van der Waals surface area contributed by atoms with Gasteiger partial charge in [0, 0.05) is 28.4 Å². The highest BCUT2D eigenvalue weighted by molar-refractivity contribution is 8.00. The Hall–Kier alpha value is -3.75. The first-order valence-electron chi connectivity index (χ1n) is 11.6. The average Bonchev–Trinajstić information content (AvgIpc) is 3.52. The zero-order valence-electron chi connectivity index (χ0n) is 20.2. The minimum absolute atomic E-state index is 0.0282. The second-order valence-electron chi connectivity index (χ2n) is 8.81. The summed E-state index contributed by atoms with van der Waals surface area (Å²) in [4.78, 5) is 19.3. The molecular weight excluding hydrogens is 473 g/mol. The zero-order chi connectivity index (χ0) is 25.2. The van der Waals surface area contributed by atoms with Crippen LogP contribution in [0.1, 0.15) is 40.0 Å². The monoisotopic (exact) mass is 499 g/mol. The highest BCUT2D eigenvalue weighted by atomic mass is 32.2. The van der Waals surface area contributed by atoms with Crippen molar-refractivity contribution in [3.63, 3.8) is 0 Å². The Morgan fingerprint density at radius 1 is 0.972 bits per heavy atom. The van der Waals surface area contributed by atoms with Crippen LogP contribution in [0.25, 0.3) is 16.6 Å². The average molecular weight is 500 g/mol. The first kappa shape index (κ1) is 24.0. The standard InChI is InChI=1S/C28H26FN5OS/c1-18(33(2)3)27-31-32-28(34(27)21-15-13-20(29)14-16-21)36-26(19-9-5-4-6-10-19)25(35)23-17-30-24-12-8-7-11-22(23)24/h4-18,26,30H,1-3H3/t18-,26+/m0/s1. The topological polar surface area (TPSA) is 66.8 Å². The first-order chi connectivity index (χ1) is 17.4.